The number of oxime groups is 1. The normalized spacial score (nSPS) is 28.2. The van der Waals surface area contributed by atoms with Gasteiger partial charge >= 0.3 is 6.09 Å². The zero-order valence-corrected chi connectivity index (χ0v) is 31.8. The number of carbonyl (C=O) groups excluding carboxylic acids is 1. The molecule has 0 aromatic heterocycles. The zero-order chi connectivity index (χ0) is 37.0. The molecule has 2 heterocycles. The summed E-state index contributed by atoms with van der Waals surface area (Å²) < 4.78 is 25.9. The summed E-state index contributed by atoms with van der Waals surface area (Å²) in [5.74, 6) is 0.936. The van der Waals surface area contributed by atoms with Gasteiger partial charge < -0.3 is 39.3 Å². The number of hydrogen-bond acceptors (Lipinski definition) is 10. The predicted molar refractivity (Wildman–Crippen MR) is 207 cm³/mol. The van der Waals surface area contributed by atoms with Crippen molar-refractivity contribution in [1.29, 1.82) is 0 Å². The van der Waals surface area contributed by atoms with E-state index in [1.54, 1.807) is 23.9 Å². The fraction of sp³-hybridized carbons (Fsp3) is 0.571. The Kier molecular flexibility index (Phi) is 14.3. The van der Waals surface area contributed by atoms with Gasteiger partial charge in [0.2, 0.25) is 12.1 Å². The molecule has 3 N–H and O–H groups in total. The standard InChI is InChI=1S/C42H56N2O8S/c1-3-23-49-42-37(53-4-2)27-35(44-52-38-18-10-13-24-48-38)33-25-30(16-8-11-21-45)32(17-9-12-22-46)39(40(33)42)34-26-31(19-20-36(34)51-42)50-41(47)43-28-29-14-6-5-7-15-29/h3,5-7,14-15,19-20,25-26,30,32,37-40,45-46H,1,4,8-13,16-18,21-24,27-28H2,2H3,(H,43,47). The second-order valence-corrected chi connectivity index (χ2v) is 15.8. The topological polar surface area (TPSA) is 128 Å². The Morgan fingerprint density at radius 3 is 2.64 bits per heavy atom. The third-order valence-electron chi connectivity index (χ3n) is 10.9. The fourth-order valence-corrected chi connectivity index (χ4v) is 9.74. The van der Waals surface area contributed by atoms with Crippen LogP contribution in [0.5, 0.6) is 11.5 Å². The Bertz CT molecular complexity index is 1560. The quantitative estimate of drug-likeness (QED) is 0.0793. The summed E-state index contributed by atoms with van der Waals surface area (Å²) in [7, 11) is 0. The Morgan fingerprint density at radius 2 is 1.91 bits per heavy atom. The molecule has 2 aliphatic carbocycles. The molecule has 2 fully saturated rings. The van der Waals surface area contributed by atoms with Crippen molar-refractivity contribution >= 4 is 23.6 Å². The van der Waals surface area contributed by atoms with Crippen LogP contribution in [0.2, 0.25) is 0 Å². The van der Waals surface area contributed by atoms with Crippen LogP contribution in [0, 0.1) is 17.8 Å². The van der Waals surface area contributed by atoms with Crippen LogP contribution < -0.4 is 14.8 Å². The fourth-order valence-electron chi connectivity index (χ4n) is 8.57. The summed E-state index contributed by atoms with van der Waals surface area (Å²) in [5, 5.41) is 27.2. The SMILES string of the molecule is C=CCOC12Oc3ccc(OC(=O)NCc4ccccc4)cc3C3C(CCCCO)C(CCCCO)C=C(C(=NOC4CCCCO4)CC1SCC)C32. The number of nitrogens with zero attached hydrogens (tertiary/aromatic N) is 1. The van der Waals surface area contributed by atoms with Gasteiger partial charge in [-0.05, 0) is 85.4 Å². The molecule has 0 spiro atoms. The summed E-state index contributed by atoms with van der Waals surface area (Å²) in [4.78, 5) is 19.2. The Morgan fingerprint density at radius 1 is 1.09 bits per heavy atom. The maximum Gasteiger partial charge on any atom is 0.412 e. The van der Waals surface area contributed by atoms with Crippen molar-refractivity contribution in [1.82, 2.24) is 5.32 Å². The first-order valence-electron chi connectivity index (χ1n) is 19.5. The molecular weight excluding hydrogens is 693 g/mol. The van der Waals surface area contributed by atoms with Gasteiger partial charge in [0.25, 0.3) is 0 Å². The molecule has 4 aliphatic rings. The van der Waals surface area contributed by atoms with E-state index in [-0.39, 0.29) is 48.4 Å². The van der Waals surface area contributed by atoms with E-state index >= 15 is 0 Å². The molecule has 0 bridgehead atoms. The molecule has 2 aliphatic heterocycles. The average molecular weight is 749 g/mol. The molecule has 1 saturated carbocycles. The molecule has 1 saturated heterocycles. The van der Waals surface area contributed by atoms with Crippen LogP contribution in [0.4, 0.5) is 4.79 Å². The second kappa shape index (κ2) is 19.3. The van der Waals surface area contributed by atoms with Gasteiger partial charge in [0, 0.05) is 44.1 Å². The van der Waals surface area contributed by atoms with E-state index in [0.29, 0.717) is 44.1 Å². The number of hydrogen-bond donors (Lipinski definition) is 3. The minimum absolute atomic E-state index is 0.0892. The smallest absolute Gasteiger partial charge is 0.412 e. The molecule has 6 rings (SSSR count). The number of allylic oxidation sites excluding steroid dienone is 1. The van der Waals surface area contributed by atoms with Gasteiger partial charge in [-0.1, -0.05) is 67.4 Å². The molecule has 11 heteroatoms. The van der Waals surface area contributed by atoms with E-state index in [2.05, 4.69) is 24.9 Å². The van der Waals surface area contributed by atoms with Crippen LogP contribution in [0.15, 0.2) is 78.0 Å². The average Bonchev–Trinajstić information content (AvgIpc) is 3.18. The third kappa shape index (κ3) is 9.31. The van der Waals surface area contributed by atoms with Crippen molar-refractivity contribution in [3.8, 4) is 11.5 Å². The second-order valence-electron chi connectivity index (χ2n) is 14.3. The van der Waals surface area contributed by atoms with Crippen LogP contribution >= 0.6 is 11.8 Å². The minimum Gasteiger partial charge on any atom is -0.460 e. The van der Waals surface area contributed by atoms with Crippen molar-refractivity contribution in [2.45, 2.75) is 101 Å². The first-order chi connectivity index (χ1) is 26.0. The lowest BCUT2D eigenvalue weighted by molar-refractivity contribution is -0.223. The van der Waals surface area contributed by atoms with Gasteiger partial charge in [-0.15, -0.1) is 6.58 Å². The van der Waals surface area contributed by atoms with Gasteiger partial charge in [-0.3, -0.25) is 0 Å². The number of benzene rings is 2. The zero-order valence-electron chi connectivity index (χ0n) is 31.0. The number of rotatable bonds is 18. The summed E-state index contributed by atoms with van der Waals surface area (Å²) in [5.41, 5.74) is 3.89. The Balaban J connectivity index is 1.44. The molecule has 2 aromatic carbocycles. The number of carbonyl (C=O) groups is 1. The largest absolute Gasteiger partial charge is 0.460 e. The highest BCUT2D eigenvalue weighted by atomic mass is 32.2. The van der Waals surface area contributed by atoms with Crippen LogP contribution in [0.25, 0.3) is 0 Å². The van der Waals surface area contributed by atoms with E-state index in [4.69, 9.17) is 28.9 Å². The van der Waals surface area contributed by atoms with Crippen molar-refractivity contribution in [2.24, 2.45) is 22.9 Å². The molecule has 10 nitrogen and oxygen atoms in total. The Hall–Kier alpha value is -3.35. The number of fused-ring (bicyclic) bond motifs is 2. The maximum atomic E-state index is 13.1. The van der Waals surface area contributed by atoms with Gasteiger partial charge in [0.05, 0.1) is 30.1 Å². The van der Waals surface area contributed by atoms with Crippen molar-refractivity contribution in [3.05, 3.63) is 84.0 Å². The van der Waals surface area contributed by atoms with Crippen LogP contribution in [0.3, 0.4) is 0 Å². The lowest BCUT2D eigenvalue weighted by Crippen LogP contribution is -2.64. The van der Waals surface area contributed by atoms with E-state index in [9.17, 15) is 15.0 Å². The number of ether oxygens (including phenoxy) is 4. The van der Waals surface area contributed by atoms with Crippen molar-refractivity contribution in [3.63, 3.8) is 0 Å². The summed E-state index contributed by atoms with van der Waals surface area (Å²) >= 11 is 1.80. The summed E-state index contributed by atoms with van der Waals surface area (Å²) in [6.45, 7) is 7.75. The number of amides is 1. The lowest BCUT2D eigenvalue weighted by atomic mass is 9.56. The first kappa shape index (κ1) is 39.3. The van der Waals surface area contributed by atoms with Gasteiger partial charge in [0.15, 0.2) is 0 Å². The Labute approximate surface area is 318 Å². The van der Waals surface area contributed by atoms with E-state index in [1.807, 2.05) is 42.5 Å². The number of aliphatic hydroxyl groups is 2. The van der Waals surface area contributed by atoms with Gasteiger partial charge in [-0.2, -0.15) is 11.8 Å². The lowest BCUT2D eigenvalue weighted by Gasteiger charge is -2.58. The van der Waals surface area contributed by atoms with E-state index in [0.717, 1.165) is 79.5 Å². The summed E-state index contributed by atoms with van der Waals surface area (Å²) in [6, 6.07) is 15.4. The van der Waals surface area contributed by atoms with E-state index in [1.165, 1.54) is 0 Å². The highest BCUT2D eigenvalue weighted by Crippen LogP contribution is 2.62. The predicted octanol–water partition coefficient (Wildman–Crippen LogP) is 7.89. The number of unbranched alkanes of at least 4 members (excludes halogenated alkanes) is 2. The summed E-state index contributed by atoms with van der Waals surface area (Å²) in [6.07, 6.45) is 11.6. The molecule has 288 valence electrons. The van der Waals surface area contributed by atoms with Gasteiger partial charge in [0.1, 0.15) is 11.5 Å². The van der Waals surface area contributed by atoms with Crippen LogP contribution in [-0.2, 0) is 20.9 Å². The number of nitrogens with one attached hydrogen (secondary N) is 1. The van der Waals surface area contributed by atoms with E-state index < -0.39 is 11.9 Å². The highest BCUT2D eigenvalue weighted by molar-refractivity contribution is 8.00. The van der Waals surface area contributed by atoms with Gasteiger partial charge in [-0.25, -0.2) is 4.79 Å². The molecule has 1 amide bonds. The molecule has 7 atom stereocenters. The van der Waals surface area contributed by atoms with Crippen LogP contribution in [0.1, 0.15) is 88.2 Å². The number of thioether (sulfide) groups is 1. The monoisotopic (exact) mass is 748 g/mol. The third-order valence-corrected chi connectivity index (χ3v) is 12.1. The molecule has 7 unspecified atom stereocenters. The van der Waals surface area contributed by atoms with Crippen molar-refractivity contribution in [2.75, 3.05) is 32.2 Å². The number of aliphatic hydroxyl groups excluding tert-OH is 2. The highest BCUT2D eigenvalue weighted by Gasteiger charge is 2.63. The minimum atomic E-state index is -1.03. The molecule has 2 aromatic rings. The first-order valence-corrected chi connectivity index (χ1v) is 20.5. The van der Waals surface area contributed by atoms with Crippen molar-refractivity contribution < 1.29 is 38.8 Å². The van der Waals surface area contributed by atoms with Crippen LogP contribution in [-0.4, -0.2) is 71.5 Å². The molecule has 53 heavy (non-hydrogen) atoms. The molecule has 0 radical (unpaired) electrons. The maximum absolute atomic E-state index is 13.1. The molecular formula is C42H56N2O8S.